The van der Waals surface area contributed by atoms with Crippen molar-refractivity contribution in [3.05, 3.63) is 44.6 Å². The Morgan fingerprint density at radius 2 is 1.90 bits per heavy atom. The molecule has 20 heavy (non-hydrogen) atoms. The zero-order valence-corrected chi connectivity index (χ0v) is 14.9. The predicted octanol–water partition coefficient (Wildman–Crippen LogP) is 5.40. The summed E-state index contributed by atoms with van der Waals surface area (Å²) in [4.78, 5) is 0.166. The van der Waals surface area contributed by atoms with Crippen LogP contribution in [-0.2, 0) is 0 Å². The standard InChI is InChI=1S/C15H14Br2O2S/c1-9-6-18-12-3-2-10(4-13(12)19-7-9)15(17)11-5-14(16)20-8-11/h2-5,8-9,15H,6-7H2,1H3. The molecule has 0 saturated heterocycles. The van der Waals surface area contributed by atoms with Gasteiger partial charge in [-0.3, -0.25) is 0 Å². The van der Waals surface area contributed by atoms with Crippen LogP contribution in [0.2, 0.25) is 0 Å². The van der Waals surface area contributed by atoms with Gasteiger partial charge in [-0.15, -0.1) is 11.3 Å². The van der Waals surface area contributed by atoms with Gasteiger partial charge in [0.1, 0.15) is 0 Å². The van der Waals surface area contributed by atoms with Crippen LogP contribution >= 0.6 is 43.2 Å². The molecule has 5 heteroatoms. The molecule has 1 aromatic carbocycles. The lowest BCUT2D eigenvalue weighted by Crippen LogP contribution is -2.12. The molecule has 2 nitrogen and oxygen atoms in total. The van der Waals surface area contributed by atoms with Crippen LogP contribution in [0.25, 0.3) is 0 Å². The predicted molar refractivity (Wildman–Crippen MR) is 89.4 cm³/mol. The smallest absolute Gasteiger partial charge is 0.161 e. The van der Waals surface area contributed by atoms with Crippen molar-refractivity contribution in [1.82, 2.24) is 0 Å². The van der Waals surface area contributed by atoms with Crippen LogP contribution < -0.4 is 9.47 Å². The summed E-state index contributed by atoms with van der Waals surface area (Å²) in [6.07, 6.45) is 0. The lowest BCUT2D eigenvalue weighted by atomic mass is 10.1. The molecule has 3 rings (SSSR count). The van der Waals surface area contributed by atoms with E-state index in [9.17, 15) is 0 Å². The number of ether oxygens (including phenoxy) is 2. The minimum absolute atomic E-state index is 0.166. The Hall–Kier alpha value is -0.520. The number of hydrogen-bond donors (Lipinski definition) is 0. The van der Waals surface area contributed by atoms with E-state index in [0.29, 0.717) is 19.1 Å². The first kappa shape index (κ1) is 14.4. The molecule has 1 aromatic heterocycles. The molecular formula is C15H14Br2O2S. The molecule has 2 heterocycles. The van der Waals surface area contributed by atoms with E-state index >= 15 is 0 Å². The summed E-state index contributed by atoms with van der Waals surface area (Å²) in [5.41, 5.74) is 2.41. The second kappa shape index (κ2) is 6.08. The number of halogens is 2. The van der Waals surface area contributed by atoms with Crippen molar-refractivity contribution < 1.29 is 9.47 Å². The fourth-order valence-electron chi connectivity index (χ4n) is 2.08. The minimum Gasteiger partial charge on any atom is -0.489 e. The molecule has 0 saturated carbocycles. The Bertz CT molecular complexity index is 612. The molecule has 1 aliphatic rings. The van der Waals surface area contributed by atoms with Gasteiger partial charge in [0.25, 0.3) is 0 Å². The Morgan fingerprint density at radius 3 is 2.60 bits per heavy atom. The molecule has 1 aliphatic heterocycles. The van der Waals surface area contributed by atoms with Crippen molar-refractivity contribution in [2.45, 2.75) is 11.8 Å². The highest BCUT2D eigenvalue weighted by Crippen LogP contribution is 2.39. The first-order chi connectivity index (χ1) is 9.63. The molecular weight excluding hydrogens is 404 g/mol. The summed E-state index contributed by atoms with van der Waals surface area (Å²) in [6, 6.07) is 8.29. The summed E-state index contributed by atoms with van der Waals surface area (Å²) in [6.45, 7) is 3.54. The van der Waals surface area contributed by atoms with E-state index < -0.39 is 0 Å². The lowest BCUT2D eigenvalue weighted by Gasteiger charge is -2.12. The number of alkyl halides is 1. The van der Waals surface area contributed by atoms with E-state index in [2.05, 4.69) is 62.4 Å². The minimum atomic E-state index is 0.166. The van der Waals surface area contributed by atoms with E-state index in [1.807, 2.05) is 6.07 Å². The van der Waals surface area contributed by atoms with Crippen LogP contribution in [0.3, 0.4) is 0 Å². The highest BCUT2D eigenvalue weighted by molar-refractivity contribution is 9.11. The first-order valence-electron chi connectivity index (χ1n) is 6.41. The van der Waals surface area contributed by atoms with E-state index in [1.54, 1.807) is 11.3 Å². The topological polar surface area (TPSA) is 18.5 Å². The number of benzene rings is 1. The van der Waals surface area contributed by atoms with Crippen molar-refractivity contribution in [1.29, 1.82) is 0 Å². The van der Waals surface area contributed by atoms with Crippen molar-refractivity contribution in [3.63, 3.8) is 0 Å². The summed E-state index contributed by atoms with van der Waals surface area (Å²) < 4.78 is 12.7. The van der Waals surface area contributed by atoms with Crippen molar-refractivity contribution >= 4 is 43.2 Å². The van der Waals surface area contributed by atoms with Crippen LogP contribution in [-0.4, -0.2) is 13.2 Å². The fraction of sp³-hybridized carbons (Fsp3) is 0.333. The summed E-state index contributed by atoms with van der Waals surface area (Å²) in [5.74, 6) is 2.09. The van der Waals surface area contributed by atoms with Gasteiger partial charge in [-0.2, -0.15) is 0 Å². The van der Waals surface area contributed by atoms with Crippen molar-refractivity contribution in [2.75, 3.05) is 13.2 Å². The van der Waals surface area contributed by atoms with Crippen LogP contribution in [0, 0.1) is 5.92 Å². The highest BCUT2D eigenvalue weighted by Gasteiger charge is 2.18. The van der Waals surface area contributed by atoms with Gasteiger partial charge < -0.3 is 9.47 Å². The Kier molecular flexibility index (Phi) is 4.38. The third kappa shape index (κ3) is 3.05. The van der Waals surface area contributed by atoms with E-state index in [0.717, 1.165) is 15.3 Å². The van der Waals surface area contributed by atoms with E-state index in [1.165, 1.54) is 11.1 Å². The normalized spacial score (nSPS) is 19.4. The van der Waals surface area contributed by atoms with Crippen LogP contribution in [0.4, 0.5) is 0 Å². The molecule has 0 fully saturated rings. The summed E-state index contributed by atoms with van der Waals surface area (Å²) in [5, 5.41) is 2.15. The van der Waals surface area contributed by atoms with Crippen molar-refractivity contribution in [3.8, 4) is 11.5 Å². The van der Waals surface area contributed by atoms with E-state index in [4.69, 9.17) is 9.47 Å². The van der Waals surface area contributed by atoms with Crippen LogP contribution in [0.15, 0.2) is 33.4 Å². The van der Waals surface area contributed by atoms with Crippen LogP contribution in [0.1, 0.15) is 22.9 Å². The third-order valence-corrected chi connectivity index (χ3v) is 5.77. The monoisotopic (exact) mass is 416 g/mol. The molecule has 0 aliphatic carbocycles. The summed E-state index contributed by atoms with van der Waals surface area (Å²) in [7, 11) is 0. The summed E-state index contributed by atoms with van der Waals surface area (Å²) >= 11 is 8.95. The molecule has 0 N–H and O–H groups in total. The SMILES string of the molecule is CC1COc2ccc(C(Br)c3csc(Br)c3)cc2OC1. The van der Waals surface area contributed by atoms with Gasteiger partial charge in [-0.05, 0) is 50.6 Å². The third-order valence-electron chi connectivity index (χ3n) is 3.19. The largest absolute Gasteiger partial charge is 0.489 e. The van der Waals surface area contributed by atoms with Gasteiger partial charge in [0.15, 0.2) is 11.5 Å². The van der Waals surface area contributed by atoms with Crippen molar-refractivity contribution in [2.24, 2.45) is 5.92 Å². The number of rotatable bonds is 2. The molecule has 0 spiro atoms. The fourth-order valence-corrected chi connectivity index (χ4v) is 4.00. The molecule has 0 amide bonds. The van der Waals surface area contributed by atoms with Gasteiger partial charge >= 0.3 is 0 Å². The number of fused-ring (bicyclic) bond motifs is 1. The molecule has 0 radical (unpaired) electrons. The van der Waals surface area contributed by atoms with E-state index in [-0.39, 0.29) is 4.83 Å². The molecule has 2 atom stereocenters. The average molecular weight is 418 g/mol. The zero-order chi connectivity index (χ0) is 14.1. The molecule has 106 valence electrons. The van der Waals surface area contributed by atoms with Gasteiger partial charge in [0.05, 0.1) is 21.8 Å². The Balaban J connectivity index is 1.88. The van der Waals surface area contributed by atoms with Gasteiger partial charge in [-0.25, -0.2) is 0 Å². The number of thiophene rings is 1. The molecule has 2 unspecified atom stereocenters. The lowest BCUT2D eigenvalue weighted by molar-refractivity contribution is 0.228. The van der Waals surface area contributed by atoms with Gasteiger partial charge in [0, 0.05) is 5.92 Å². The average Bonchev–Trinajstić information content (AvgIpc) is 2.80. The maximum atomic E-state index is 5.84. The highest BCUT2D eigenvalue weighted by atomic mass is 79.9. The Morgan fingerprint density at radius 1 is 1.15 bits per heavy atom. The maximum Gasteiger partial charge on any atom is 0.161 e. The molecule has 2 aromatic rings. The van der Waals surface area contributed by atoms with Crippen LogP contribution in [0.5, 0.6) is 11.5 Å². The van der Waals surface area contributed by atoms with Gasteiger partial charge in [-0.1, -0.05) is 28.9 Å². The zero-order valence-electron chi connectivity index (χ0n) is 10.9. The van der Waals surface area contributed by atoms with Gasteiger partial charge in [0.2, 0.25) is 0 Å². The maximum absolute atomic E-state index is 5.84. The quantitative estimate of drug-likeness (QED) is 0.608. The molecule has 0 bridgehead atoms. The number of hydrogen-bond acceptors (Lipinski definition) is 3. The first-order valence-corrected chi connectivity index (χ1v) is 9.00. The second-order valence-corrected chi connectivity index (χ2v) is 8.19. The second-order valence-electron chi connectivity index (χ2n) is 4.98. The Labute approximate surface area is 139 Å².